The molecule has 2 aromatic rings. The molecule has 154 valence electrons. The number of carbonyl (C=O) groups excluding carboxylic acids is 3. The van der Waals surface area contributed by atoms with Gasteiger partial charge in [0.15, 0.2) is 6.04 Å². The lowest BCUT2D eigenvalue weighted by Crippen LogP contribution is -2.54. The Balaban J connectivity index is 2.23. The Hall–Kier alpha value is -3.23. The quantitative estimate of drug-likeness (QED) is 0.331. The maximum atomic E-state index is 12.7. The van der Waals surface area contributed by atoms with Crippen molar-refractivity contribution in [1.29, 1.82) is 0 Å². The SMILES string of the molecule is CNC(=O)C(C(=O)NO)N(C)C(=O)c1ccc(-c2ccc(C(C)(C)O)cc2)cc1. The van der Waals surface area contributed by atoms with Gasteiger partial charge < -0.3 is 15.3 Å². The number of amides is 3. The maximum absolute atomic E-state index is 12.7. The fourth-order valence-electron chi connectivity index (χ4n) is 2.87. The molecule has 8 heteroatoms. The second kappa shape index (κ2) is 8.85. The summed E-state index contributed by atoms with van der Waals surface area (Å²) >= 11 is 0. The van der Waals surface area contributed by atoms with Gasteiger partial charge in [0.05, 0.1) is 5.60 Å². The Morgan fingerprint density at radius 3 is 1.83 bits per heavy atom. The fraction of sp³-hybridized carbons (Fsp3) is 0.286. The molecule has 0 radical (unpaired) electrons. The van der Waals surface area contributed by atoms with Gasteiger partial charge in [-0.05, 0) is 42.7 Å². The van der Waals surface area contributed by atoms with Gasteiger partial charge in [0, 0.05) is 19.7 Å². The van der Waals surface area contributed by atoms with Crippen LogP contribution in [0.4, 0.5) is 0 Å². The van der Waals surface area contributed by atoms with Crippen molar-refractivity contribution >= 4 is 17.7 Å². The van der Waals surface area contributed by atoms with Crippen LogP contribution in [0.5, 0.6) is 0 Å². The van der Waals surface area contributed by atoms with Crippen LogP contribution in [0.1, 0.15) is 29.8 Å². The van der Waals surface area contributed by atoms with Gasteiger partial charge in [-0.2, -0.15) is 0 Å². The number of hydroxylamine groups is 1. The highest BCUT2D eigenvalue weighted by Crippen LogP contribution is 2.25. The third kappa shape index (κ3) is 4.98. The van der Waals surface area contributed by atoms with Crippen molar-refractivity contribution in [2.24, 2.45) is 0 Å². The van der Waals surface area contributed by atoms with Gasteiger partial charge in [-0.3, -0.25) is 19.6 Å². The number of nitrogens with one attached hydrogen (secondary N) is 2. The Kier molecular flexibility index (Phi) is 6.73. The van der Waals surface area contributed by atoms with Gasteiger partial charge in [-0.1, -0.05) is 36.4 Å². The lowest BCUT2D eigenvalue weighted by atomic mass is 9.95. The van der Waals surface area contributed by atoms with Gasteiger partial charge in [0.25, 0.3) is 17.7 Å². The van der Waals surface area contributed by atoms with E-state index in [1.807, 2.05) is 24.3 Å². The molecule has 0 aromatic heterocycles. The molecule has 0 spiro atoms. The molecule has 0 saturated carbocycles. The Labute approximate surface area is 169 Å². The number of carbonyl (C=O) groups is 3. The molecule has 3 amide bonds. The fourth-order valence-corrected chi connectivity index (χ4v) is 2.87. The number of rotatable bonds is 6. The van der Waals surface area contributed by atoms with Crippen molar-refractivity contribution in [2.75, 3.05) is 14.1 Å². The summed E-state index contributed by atoms with van der Waals surface area (Å²) in [6, 6.07) is 12.6. The molecule has 2 aromatic carbocycles. The second-order valence-electron chi connectivity index (χ2n) is 7.12. The van der Waals surface area contributed by atoms with E-state index in [4.69, 9.17) is 5.21 Å². The average Bonchev–Trinajstić information content (AvgIpc) is 2.72. The highest BCUT2D eigenvalue weighted by Gasteiger charge is 2.33. The van der Waals surface area contributed by atoms with Crippen LogP contribution in [0.25, 0.3) is 11.1 Å². The molecule has 1 unspecified atom stereocenters. The number of hydrogen-bond acceptors (Lipinski definition) is 5. The van der Waals surface area contributed by atoms with Crippen LogP contribution in [0.3, 0.4) is 0 Å². The summed E-state index contributed by atoms with van der Waals surface area (Å²) in [7, 11) is 2.64. The minimum atomic E-state index is -1.51. The van der Waals surface area contributed by atoms with E-state index in [0.717, 1.165) is 21.6 Å². The normalized spacial score (nSPS) is 12.1. The van der Waals surface area contributed by atoms with Crippen LogP contribution in [-0.4, -0.2) is 53.1 Å². The summed E-state index contributed by atoms with van der Waals surface area (Å²) in [5, 5.41) is 21.2. The number of aliphatic hydroxyl groups is 1. The van der Waals surface area contributed by atoms with Crippen LogP contribution >= 0.6 is 0 Å². The summed E-state index contributed by atoms with van der Waals surface area (Å²) in [6.07, 6.45) is 0. The van der Waals surface area contributed by atoms with Crippen molar-refractivity contribution in [1.82, 2.24) is 15.7 Å². The maximum Gasteiger partial charge on any atom is 0.275 e. The smallest absolute Gasteiger partial charge is 0.275 e. The van der Waals surface area contributed by atoms with E-state index < -0.39 is 29.4 Å². The lowest BCUT2D eigenvalue weighted by Gasteiger charge is -2.25. The van der Waals surface area contributed by atoms with Gasteiger partial charge in [-0.25, -0.2) is 5.48 Å². The van der Waals surface area contributed by atoms with Gasteiger partial charge >= 0.3 is 0 Å². The van der Waals surface area contributed by atoms with Crippen LogP contribution in [0, 0.1) is 0 Å². The van der Waals surface area contributed by atoms with Crippen LogP contribution < -0.4 is 10.8 Å². The first-order valence-corrected chi connectivity index (χ1v) is 8.96. The summed E-state index contributed by atoms with van der Waals surface area (Å²) in [5.74, 6) is -2.29. The predicted octanol–water partition coefficient (Wildman–Crippen LogP) is 1.27. The van der Waals surface area contributed by atoms with Gasteiger partial charge in [0.2, 0.25) is 0 Å². The van der Waals surface area contributed by atoms with E-state index in [0.29, 0.717) is 0 Å². The molecule has 0 saturated heterocycles. The summed E-state index contributed by atoms with van der Waals surface area (Å²) in [5.41, 5.74) is 3.32. The van der Waals surface area contributed by atoms with E-state index in [1.165, 1.54) is 19.6 Å². The van der Waals surface area contributed by atoms with Gasteiger partial charge in [-0.15, -0.1) is 0 Å². The van der Waals surface area contributed by atoms with Crippen LogP contribution in [0.15, 0.2) is 48.5 Å². The largest absolute Gasteiger partial charge is 0.386 e. The monoisotopic (exact) mass is 399 g/mol. The zero-order chi connectivity index (χ0) is 21.8. The lowest BCUT2D eigenvalue weighted by molar-refractivity contribution is -0.140. The minimum absolute atomic E-state index is 0.281. The standard InChI is InChI=1S/C21H25N3O5/c1-21(2,28)16-11-9-14(10-12-16)13-5-7-15(8-6-13)20(27)24(4)17(18(25)22-3)19(26)23-29/h5-12,17,28-29H,1-4H3,(H,22,25)(H,23,26). The number of hydrogen-bond donors (Lipinski definition) is 4. The van der Waals surface area contributed by atoms with Crippen LogP contribution in [-0.2, 0) is 15.2 Å². The molecule has 4 N–H and O–H groups in total. The Morgan fingerprint density at radius 2 is 1.41 bits per heavy atom. The van der Waals surface area contributed by atoms with Crippen molar-refractivity contribution in [2.45, 2.75) is 25.5 Å². The molecule has 0 aliphatic heterocycles. The first-order chi connectivity index (χ1) is 13.6. The van der Waals surface area contributed by atoms with E-state index in [9.17, 15) is 19.5 Å². The Morgan fingerprint density at radius 1 is 0.931 bits per heavy atom. The predicted molar refractivity (Wildman–Crippen MR) is 107 cm³/mol. The van der Waals surface area contributed by atoms with Crippen molar-refractivity contribution < 1.29 is 24.7 Å². The molecule has 8 nitrogen and oxygen atoms in total. The molecule has 1 atom stereocenters. The summed E-state index contributed by atoms with van der Waals surface area (Å²) in [6.45, 7) is 3.42. The molecule has 2 rings (SSSR count). The van der Waals surface area contributed by atoms with E-state index in [2.05, 4.69) is 5.32 Å². The van der Waals surface area contributed by atoms with Crippen molar-refractivity contribution in [3.63, 3.8) is 0 Å². The van der Waals surface area contributed by atoms with Crippen molar-refractivity contribution in [3.8, 4) is 11.1 Å². The number of likely N-dealkylation sites (N-methyl/N-ethyl adjacent to an activating group) is 2. The molecule has 0 aliphatic rings. The third-order valence-electron chi connectivity index (χ3n) is 4.62. The zero-order valence-corrected chi connectivity index (χ0v) is 16.8. The average molecular weight is 399 g/mol. The highest BCUT2D eigenvalue weighted by molar-refractivity contribution is 6.08. The van der Waals surface area contributed by atoms with E-state index in [-0.39, 0.29) is 5.56 Å². The molecule has 0 fully saturated rings. The number of nitrogens with zero attached hydrogens (tertiary/aromatic N) is 1. The molecule has 0 aliphatic carbocycles. The summed E-state index contributed by atoms with van der Waals surface area (Å²) < 4.78 is 0. The first kappa shape index (κ1) is 22.1. The molecule has 0 bridgehead atoms. The topological polar surface area (TPSA) is 119 Å². The second-order valence-corrected chi connectivity index (χ2v) is 7.12. The van der Waals surface area contributed by atoms with Crippen molar-refractivity contribution in [3.05, 3.63) is 59.7 Å². The highest BCUT2D eigenvalue weighted by atomic mass is 16.5. The van der Waals surface area contributed by atoms with Crippen LogP contribution in [0.2, 0.25) is 0 Å². The van der Waals surface area contributed by atoms with Gasteiger partial charge in [0.1, 0.15) is 0 Å². The molecular weight excluding hydrogens is 374 g/mol. The van der Waals surface area contributed by atoms with E-state index >= 15 is 0 Å². The number of benzene rings is 2. The minimum Gasteiger partial charge on any atom is -0.386 e. The molecule has 29 heavy (non-hydrogen) atoms. The molecule has 0 heterocycles. The summed E-state index contributed by atoms with van der Waals surface area (Å²) in [4.78, 5) is 37.4. The first-order valence-electron chi connectivity index (χ1n) is 8.96. The molecular formula is C21H25N3O5. The Bertz CT molecular complexity index is 870. The zero-order valence-electron chi connectivity index (χ0n) is 16.8. The van der Waals surface area contributed by atoms with E-state index in [1.54, 1.807) is 38.1 Å². The third-order valence-corrected chi connectivity index (χ3v) is 4.62.